The van der Waals surface area contributed by atoms with E-state index in [1.54, 1.807) is 0 Å². The molecule has 3 heteroatoms. The lowest BCUT2D eigenvalue weighted by Crippen LogP contribution is -2.04. The quantitative estimate of drug-likeness (QED) is 0.798. The molecule has 1 aromatic rings. The van der Waals surface area contributed by atoms with Crippen LogP contribution in [-0.2, 0) is 0 Å². The topological polar surface area (TPSA) is 45.0 Å². The summed E-state index contributed by atoms with van der Waals surface area (Å²) in [6.07, 6.45) is 1.14. The Kier molecular flexibility index (Phi) is 5.21. The molecule has 0 spiro atoms. The van der Waals surface area contributed by atoms with E-state index < -0.39 is 0 Å². The van der Waals surface area contributed by atoms with Gasteiger partial charge in [0.1, 0.15) is 11.8 Å². The largest absolute Gasteiger partial charge is 0.479 e. The van der Waals surface area contributed by atoms with Crippen molar-refractivity contribution in [3.8, 4) is 11.8 Å². The number of nitrogens with one attached hydrogen (secondary N) is 1. The van der Waals surface area contributed by atoms with Crippen molar-refractivity contribution in [2.75, 3.05) is 18.5 Å². The van der Waals surface area contributed by atoms with E-state index >= 15 is 0 Å². The zero-order chi connectivity index (χ0) is 11.8. The highest BCUT2D eigenvalue weighted by molar-refractivity contribution is 5.48. The first kappa shape index (κ1) is 12.4. The van der Waals surface area contributed by atoms with Gasteiger partial charge in [-0.25, -0.2) is 0 Å². The number of ether oxygens (including phenoxy) is 1. The van der Waals surface area contributed by atoms with E-state index in [0.29, 0.717) is 5.92 Å². The molecule has 1 N–H and O–H groups in total. The second kappa shape index (κ2) is 6.73. The van der Waals surface area contributed by atoms with Crippen LogP contribution in [0.2, 0.25) is 0 Å². The van der Waals surface area contributed by atoms with Gasteiger partial charge in [0.2, 0.25) is 0 Å². The van der Waals surface area contributed by atoms with Gasteiger partial charge in [-0.05, 0) is 24.5 Å². The van der Waals surface area contributed by atoms with E-state index in [0.717, 1.165) is 24.4 Å². The second-order valence-electron chi connectivity index (χ2n) is 4.08. The van der Waals surface area contributed by atoms with E-state index in [2.05, 4.69) is 19.2 Å². The van der Waals surface area contributed by atoms with Crippen LogP contribution in [0.5, 0.6) is 5.75 Å². The lowest BCUT2D eigenvalue weighted by Gasteiger charge is -2.09. The smallest absolute Gasteiger partial charge is 0.174 e. The van der Waals surface area contributed by atoms with Crippen LogP contribution < -0.4 is 10.1 Å². The Morgan fingerprint density at radius 1 is 1.44 bits per heavy atom. The van der Waals surface area contributed by atoms with Crippen molar-refractivity contribution >= 4 is 5.69 Å². The highest BCUT2D eigenvalue weighted by Gasteiger charge is 1.97. The highest BCUT2D eigenvalue weighted by atomic mass is 16.5. The summed E-state index contributed by atoms with van der Waals surface area (Å²) in [5.41, 5.74) is 1.04. The molecule has 0 radical (unpaired) electrons. The Balaban J connectivity index is 2.44. The molecule has 0 aliphatic heterocycles. The number of nitrogens with zero attached hydrogens (tertiary/aromatic N) is 1. The van der Waals surface area contributed by atoms with Crippen molar-refractivity contribution in [3.05, 3.63) is 24.3 Å². The number of hydrogen-bond acceptors (Lipinski definition) is 3. The fourth-order valence-electron chi connectivity index (χ4n) is 1.32. The van der Waals surface area contributed by atoms with Crippen molar-refractivity contribution < 1.29 is 4.74 Å². The first-order valence-corrected chi connectivity index (χ1v) is 5.56. The minimum atomic E-state index is 0.0927. The SMILES string of the molecule is CC(C)CCNc1cccc(OCC#N)c1. The Labute approximate surface area is 97.0 Å². The molecule has 1 rings (SSSR count). The van der Waals surface area contributed by atoms with E-state index in [1.165, 1.54) is 0 Å². The van der Waals surface area contributed by atoms with Gasteiger partial charge in [-0.1, -0.05) is 19.9 Å². The molecule has 0 heterocycles. The second-order valence-corrected chi connectivity index (χ2v) is 4.08. The van der Waals surface area contributed by atoms with Gasteiger partial charge in [-0.3, -0.25) is 0 Å². The van der Waals surface area contributed by atoms with Gasteiger partial charge in [0.25, 0.3) is 0 Å². The van der Waals surface area contributed by atoms with Gasteiger partial charge in [0, 0.05) is 18.3 Å². The molecule has 1 aromatic carbocycles. The fourth-order valence-corrected chi connectivity index (χ4v) is 1.32. The molecule has 0 saturated carbocycles. The monoisotopic (exact) mass is 218 g/mol. The molecular weight excluding hydrogens is 200 g/mol. The molecule has 0 amide bonds. The molecule has 3 nitrogen and oxygen atoms in total. The van der Waals surface area contributed by atoms with Crippen molar-refractivity contribution in [3.63, 3.8) is 0 Å². The van der Waals surface area contributed by atoms with Crippen LogP contribution in [0.3, 0.4) is 0 Å². The van der Waals surface area contributed by atoms with E-state index in [4.69, 9.17) is 10.00 Å². The summed E-state index contributed by atoms with van der Waals surface area (Å²) in [7, 11) is 0. The molecule has 0 aromatic heterocycles. The van der Waals surface area contributed by atoms with Gasteiger partial charge >= 0.3 is 0 Å². The van der Waals surface area contributed by atoms with Gasteiger partial charge in [0.05, 0.1) is 0 Å². The lowest BCUT2D eigenvalue weighted by atomic mass is 10.1. The Bertz CT molecular complexity index is 355. The molecule has 0 unspecified atom stereocenters. The molecule has 0 fully saturated rings. The summed E-state index contributed by atoms with van der Waals surface area (Å²) in [5, 5.41) is 11.7. The number of hydrogen-bond donors (Lipinski definition) is 1. The molecule has 0 saturated heterocycles. The van der Waals surface area contributed by atoms with Crippen molar-refractivity contribution in [1.29, 1.82) is 5.26 Å². The number of nitriles is 1. The zero-order valence-electron chi connectivity index (χ0n) is 9.86. The molecular formula is C13H18N2O. The van der Waals surface area contributed by atoms with Gasteiger partial charge < -0.3 is 10.1 Å². The third-order valence-electron chi connectivity index (χ3n) is 2.19. The zero-order valence-corrected chi connectivity index (χ0v) is 9.86. The number of rotatable bonds is 6. The minimum Gasteiger partial charge on any atom is -0.479 e. The van der Waals surface area contributed by atoms with Crippen LogP contribution >= 0.6 is 0 Å². The maximum absolute atomic E-state index is 8.41. The number of benzene rings is 1. The normalized spacial score (nSPS) is 9.88. The van der Waals surface area contributed by atoms with Gasteiger partial charge in [-0.15, -0.1) is 0 Å². The Morgan fingerprint density at radius 2 is 2.25 bits per heavy atom. The van der Waals surface area contributed by atoms with Crippen LogP contribution in [0.4, 0.5) is 5.69 Å². The first-order chi connectivity index (χ1) is 7.72. The van der Waals surface area contributed by atoms with Crippen molar-refractivity contribution in [2.24, 2.45) is 5.92 Å². The summed E-state index contributed by atoms with van der Waals surface area (Å²) in [5.74, 6) is 1.43. The molecule has 86 valence electrons. The molecule has 0 aliphatic carbocycles. The summed E-state index contributed by atoms with van der Waals surface area (Å²) < 4.78 is 5.22. The van der Waals surface area contributed by atoms with Crippen LogP contribution in [0.15, 0.2) is 24.3 Å². The standard InChI is InChI=1S/C13H18N2O/c1-11(2)6-8-15-12-4-3-5-13(10-12)16-9-7-14/h3-5,10-11,15H,6,8-9H2,1-2H3. The molecule has 0 bridgehead atoms. The molecule has 0 atom stereocenters. The minimum absolute atomic E-state index is 0.0927. The van der Waals surface area contributed by atoms with Crippen molar-refractivity contribution in [2.45, 2.75) is 20.3 Å². The highest BCUT2D eigenvalue weighted by Crippen LogP contribution is 2.17. The predicted octanol–water partition coefficient (Wildman–Crippen LogP) is 3.05. The summed E-state index contributed by atoms with van der Waals surface area (Å²) in [6.45, 7) is 5.46. The lowest BCUT2D eigenvalue weighted by molar-refractivity contribution is 0.368. The maximum Gasteiger partial charge on any atom is 0.174 e. The van der Waals surface area contributed by atoms with Crippen LogP contribution in [0.25, 0.3) is 0 Å². The maximum atomic E-state index is 8.41. The average Bonchev–Trinajstić information content (AvgIpc) is 2.26. The van der Waals surface area contributed by atoms with Gasteiger partial charge in [0.15, 0.2) is 6.61 Å². The fraction of sp³-hybridized carbons (Fsp3) is 0.462. The van der Waals surface area contributed by atoms with Crippen LogP contribution in [0, 0.1) is 17.2 Å². The van der Waals surface area contributed by atoms with E-state index in [1.807, 2.05) is 30.3 Å². The Hall–Kier alpha value is -1.69. The predicted molar refractivity (Wildman–Crippen MR) is 65.5 cm³/mol. The molecule has 16 heavy (non-hydrogen) atoms. The third kappa shape index (κ3) is 4.70. The number of anilines is 1. The summed E-state index contributed by atoms with van der Waals surface area (Å²) >= 11 is 0. The van der Waals surface area contributed by atoms with E-state index in [9.17, 15) is 0 Å². The third-order valence-corrected chi connectivity index (χ3v) is 2.19. The average molecular weight is 218 g/mol. The van der Waals surface area contributed by atoms with Crippen molar-refractivity contribution in [1.82, 2.24) is 0 Å². The first-order valence-electron chi connectivity index (χ1n) is 5.56. The van der Waals surface area contributed by atoms with E-state index in [-0.39, 0.29) is 6.61 Å². The molecule has 0 aliphatic rings. The van der Waals surface area contributed by atoms with Crippen LogP contribution in [-0.4, -0.2) is 13.2 Å². The van der Waals surface area contributed by atoms with Gasteiger partial charge in [-0.2, -0.15) is 5.26 Å². The summed E-state index contributed by atoms with van der Waals surface area (Å²) in [4.78, 5) is 0. The summed E-state index contributed by atoms with van der Waals surface area (Å²) in [6, 6.07) is 9.64. The Morgan fingerprint density at radius 3 is 2.94 bits per heavy atom. The van der Waals surface area contributed by atoms with Crippen LogP contribution in [0.1, 0.15) is 20.3 Å².